The number of fused-ring (bicyclic) bond motifs is 1. The van der Waals surface area contributed by atoms with Gasteiger partial charge in [-0.05, 0) is 43.5 Å². The number of halogens is 1. The highest BCUT2D eigenvalue weighted by Gasteiger charge is 2.38. The van der Waals surface area contributed by atoms with Crippen LogP contribution in [0.15, 0.2) is 42.5 Å². The molecular formula is C25H33ClN2O5S. The monoisotopic (exact) mass is 508 g/mol. The predicted molar refractivity (Wildman–Crippen MR) is 135 cm³/mol. The van der Waals surface area contributed by atoms with Crippen LogP contribution in [0.1, 0.15) is 57.6 Å². The van der Waals surface area contributed by atoms with E-state index in [1.165, 1.54) is 11.4 Å². The third-order valence-electron chi connectivity index (χ3n) is 6.41. The highest BCUT2D eigenvalue weighted by Crippen LogP contribution is 2.42. The van der Waals surface area contributed by atoms with Gasteiger partial charge in [0.2, 0.25) is 15.9 Å². The van der Waals surface area contributed by atoms with Crippen LogP contribution in [0.2, 0.25) is 5.02 Å². The summed E-state index contributed by atoms with van der Waals surface area (Å²) in [5.74, 6) is 1.15. The van der Waals surface area contributed by atoms with Crippen molar-refractivity contribution in [1.29, 1.82) is 0 Å². The molecule has 1 heterocycles. The Morgan fingerprint density at radius 1 is 1.24 bits per heavy atom. The van der Waals surface area contributed by atoms with Crippen LogP contribution < -0.4 is 19.1 Å². The molecule has 0 spiro atoms. The number of para-hydroxylation sites is 1. The molecule has 0 aliphatic carbocycles. The van der Waals surface area contributed by atoms with Crippen LogP contribution in [0.3, 0.4) is 0 Å². The van der Waals surface area contributed by atoms with E-state index in [2.05, 4.69) is 19.2 Å². The lowest BCUT2D eigenvalue weighted by molar-refractivity contribution is -0.122. The number of anilines is 1. The molecule has 0 saturated carbocycles. The number of benzene rings is 2. The summed E-state index contributed by atoms with van der Waals surface area (Å²) >= 11 is 6.18. The van der Waals surface area contributed by atoms with Gasteiger partial charge in [0.1, 0.15) is 17.1 Å². The van der Waals surface area contributed by atoms with Crippen LogP contribution >= 0.6 is 11.6 Å². The van der Waals surface area contributed by atoms with Gasteiger partial charge in [0.25, 0.3) is 0 Å². The van der Waals surface area contributed by atoms with E-state index in [-0.39, 0.29) is 30.5 Å². The molecule has 0 saturated heterocycles. The van der Waals surface area contributed by atoms with Crippen molar-refractivity contribution in [2.45, 2.75) is 57.6 Å². The van der Waals surface area contributed by atoms with Gasteiger partial charge in [0.15, 0.2) is 0 Å². The smallest absolute Gasteiger partial charge is 0.232 e. The summed E-state index contributed by atoms with van der Waals surface area (Å²) in [4.78, 5) is 12.9. The molecule has 3 rings (SSSR count). The molecule has 1 atom stereocenters. The molecule has 186 valence electrons. The summed E-state index contributed by atoms with van der Waals surface area (Å²) in [7, 11) is -2.06. The molecule has 0 bridgehead atoms. The number of hydrogen-bond donors (Lipinski definition) is 1. The van der Waals surface area contributed by atoms with E-state index in [0.29, 0.717) is 29.3 Å². The molecule has 0 aromatic heterocycles. The summed E-state index contributed by atoms with van der Waals surface area (Å²) < 4.78 is 37.5. The van der Waals surface area contributed by atoms with Crippen LogP contribution in [0.4, 0.5) is 5.69 Å². The van der Waals surface area contributed by atoms with Crippen molar-refractivity contribution in [2.75, 3.05) is 24.2 Å². The van der Waals surface area contributed by atoms with Crippen LogP contribution in [0.5, 0.6) is 11.5 Å². The van der Waals surface area contributed by atoms with Crippen molar-refractivity contribution in [2.24, 2.45) is 0 Å². The Morgan fingerprint density at radius 2 is 1.94 bits per heavy atom. The molecule has 1 amide bonds. The number of amides is 1. The fraction of sp³-hybridized carbons (Fsp3) is 0.480. The molecule has 2 aromatic carbocycles. The summed E-state index contributed by atoms with van der Waals surface area (Å²) in [5, 5.41) is 3.47. The van der Waals surface area contributed by atoms with Gasteiger partial charge < -0.3 is 14.8 Å². The van der Waals surface area contributed by atoms with Crippen molar-refractivity contribution in [1.82, 2.24) is 5.32 Å². The Bertz CT molecular complexity index is 1120. The van der Waals surface area contributed by atoms with Gasteiger partial charge in [-0.25, -0.2) is 8.42 Å². The number of carbonyl (C=O) groups is 1. The van der Waals surface area contributed by atoms with E-state index in [0.717, 1.165) is 30.4 Å². The Morgan fingerprint density at radius 3 is 2.56 bits per heavy atom. The molecule has 1 N–H and O–H groups in total. The van der Waals surface area contributed by atoms with Crippen LogP contribution in [-0.2, 0) is 14.8 Å². The zero-order chi connectivity index (χ0) is 24.9. The lowest BCUT2D eigenvalue weighted by Crippen LogP contribution is -2.44. The number of hydrogen-bond acceptors (Lipinski definition) is 5. The zero-order valence-corrected chi connectivity index (χ0v) is 21.7. The first kappa shape index (κ1) is 26.2. The first-order chi connectivity index (χ1) is 16.1. The van der Waals surface area contributed by atoms with Gasteiger partial charge in [-0.3, -0.25) is 9.10 Å². The maximum Gasteiger partial charge on any atom is 0.232 e. The van der Waals surface area contributed by atoms with Crippen molar-refractivity contribution in [3.63, 3.8) is 0 Å². The maximum atomic E-state index is 12.9. The first-order valence-electron chi connectivity index (χ1n) is 11.5. The summed E-state index contributed by atoms with van der Waals surface area (Å²) in [5.41, 5.74) is 1.09. The average Bonchev–Trinajstić information content (AvgIpc) is 2.80. The second-order valence-electron chi connectivity index (χ2n) is 8.61. The van der Waals surface area contributed by atoms with Crippen LogP contribution in [0.25, 0.3) is 0 Å². The van der Waals surface area contributed by atoms with E-state index in [1.54, 1.807) is 18.2 Å². The molecule has 9 heteroatoms. The summed E-state index contributed by atoms with van der Waals surface area (Å²) in [6, 6.07) is 12.5. The first-order valence-corrected chi connectivity index (χ1v) is 13.7. The lowest BCUT2D eigenvalue weighted by Gasteiger charge is -2.41. The third-order valence-corrected chi connectivity index (χ3v) is 7.90. The molecule has 2 aromatic rings. The zero-order valence-electron chi connectivity index (χ0n) is 20.1. The van der Waals surface area contributed by atoms with E-state index in [1.807, 2.05) is 24.3 Å². The molecule has 0 radical (unpaired) electrons. The van der Waals surface area contributed by atoms with E-state index < -0.39 is 10.0 Å². The number of methoxy groups -OCH3 is 1. The third kappa shape index (κ3) is 5.96. The second-order valence-corrected chi connectivity index (χ2v) is 10.9. The van der Waals surface area contributed by atoms with E-state index >= 15 is 0 Å². The van der Waals surface area contributed by atoms with E-state index in [4.69, 9.17) is 21.1 Å². The van der Waals surface area contributed by atoms with Gasteiger partial charge in [0.05, 0.1) is 30.1 Å². The normalized spacial score (nSPS) is 16.8. The molecule has 0 fully saturated rings. The van der Waals surface area contributed by atoms with Crippen molar-refractivity contribution < 1.29 is 22.7 Å². The van der Waals surface area contributed by atoms with Gasteiger partial charge in [-0.1, -0.05) is 43.6 Å². The van der Waals surface area contributed by atoms with Crippen molar-refractivity contribution >= 4 is 33.2 Å². The highest BCUT2D eigenvalue weighted by molar-refractivity contribution is 7.92. The van der Waals surface area contributed by atoms with Crippen LogP contribution in [-0.4, -0.2) is 39.8 Å². The molecule has 1 aliphatic rings. The Hall–Kier alpha value is -2.45. The number of carbonyl (C=O) groups excluding carboxylic acids is 1. The summed E-state index contributed by atoms with van der Waals surface area (Å²) in [6.45, 7) is 4.36. The van der Waals surface area contributed by atoms with E-state index in [9.17, 15) is 13.2 Å². The summed E-state index contributed by atoms with van der Waals surface area (Å²) in [6.07, 6.45) is 4.08. The molecular weight excluding hydrogens is 476 g/mol. The van der Waals surface area contributed by atoms with Gasteiger partial charge in [0, 0.05) is 24.9 Å². The molecule has 1 aliphatic heterocycles. The van der Waals surface area contributed by atoms with Gasteiger partial charge in [-0.2, -0.15) is 0 Å². The standard InChI is InChI=1S/C25H33ClN2O5S/c1-5-25(6-2)17-21(19-10-7-8-11-22(19)33-25)27-24(29)12-9-15-28(34(4,30)31)18-13-14-23(32-3)20(26)16-18/h7-8,10-11,13-14,16,21H,5-6,9,12,15,17H2,1-4H3,(H,27,29)/t21-/m0/s1. The van der Waals surface area contributed by atoms with Crippen LogP contribution in [0, 0.1) is 0 Å². The fourth-order valence-electron chi connectivity index (χ4n) is 4.38. The minimum absolute atomic E-state index is 0.121. The van der Waals surface area contributed by atoms with Gasteiger partial charge >= 0.3 is 0 Å². The second kappa shape index (κ2) is 10.9. The Kier molecular flexibility index (Phi) is 8.36. The quantitative estimate of drug-likeness (QED) is 0.483. The topological polar surface area (TPSA) is 84.9 Å². The number of ether oxygens (including phenoxy) is 2. The maximum absolute atomic E-state index is 12.9. The SMILES string of the molecule is CCC1(CC)C[C@H](NC(=O)CCCN(c2ccc(OC)c(Cl)c2)S(C)(=O)=O)c2ccccc2O1. The van der Waals surface area contributed by atoms with Crippen molar-refractivity contribution in [3.8, 4) is 11.5 Å². The predicted octanol–water partition coefficient (Wildman–Crippen LogP) is 5.09. The molecule has 34 heavy (non-hydrogen) atoms. The number of nitrogens with zero attached hydrogens (tertiary/aromatic N) is 1. The number of nitrogens with one attached hydrogen (secondary N) is 1. The fourth-order valence-corrected chi connectivity index (χ4v) is 5.59. The molecule has 0 unspecified atom stereocenters. The lowest BCUT2D eigenvalue weighted by atomic mass is 9.83. The number of sulfonamides is 1. The minimum Gasteiger partial charge on any atom is -0.495 e. The average molecular weight is 509 g/mol. The Balaban J connectivity index is 1.67. The largest absolute Gasteiger partial charge is 0.495 e. The minimum atomic E-state index is -3.56. The van der Waals surface area contributed by atoms with Crippen molar-refractivity contribution in [3.05, 3.63) is 53.1 Å². The Labute approximate surface area is 207 Å². The highest BCUT2D eigenvalue weighted by atomic mass is 35.5. The molecule has 7 nitrogen and oxygen atoms in total. The number of rotatable bonds is 10. The van der Waals surface area contributed by atoms with Gasteiger partial charge in [-0.15, -0.1) is 0 Å².